The summed E-state index contributed by atoms with van der Waals surface area (Å²) in [6.07, 6.45) is 1.69. The summed E-state index contributed by atoms with van der Waals surface area (Å²) in [4.78, 5) is 24.0. The number of hydrogen-bond acceptors (Lipinski definition) is 7. The third-order valence-corrected chi connectivity index (χ3v) is 7.27. The molecule has 1 aromatic heterocycles. The Bertz CT molecular complexity index is 1090. The highest BCUT2D eigenvalue weighted by Crippen LogP contribution is 2.46. The molecule has 1 aromatic carbocycles. The number of amides is 1. The van der Waals surface area contributed by atoms with Crippen molar-refractivity contribution in [2.45, 2.75) is 44.0 Å². The van der Waals surface area contributed by atoms with Crippen molar-refractivity contribution in [3.63, 3.8) is 0 Å². The number of nitrogens with one attached hydrogen (secondary N) is 1. The molecule has 0 unspecified atom stereocenters. The van der Waals surface area contributed by atoms with Gasteiger partial charge in [-0.1, -0.05) is 6.92 Å². The van der Waals surface area contributed by atoms with Crippen molar-refractivity contribution in [3.8, 4) is 0 Å². The van der Waals surface area contributed by atoms with Crippen molar-refractivity contribution in [1.82, 2.24) is 9.97 Å². The van der Waals surface area contributed by atoms with Gasteiger partial charge in [-0.25, -0.2) is 13.4 Å². The first-order valence-electron chi connectivity index (χ1n) is 9.59. The first kappa shape index (κ1) is 19.8. The van der Waals surface area contributed by atoms with E-state index in [0.717, 1.165) is 11.1 Å². The molecule has 1 saturated heterocycles. The number of carbonyl (C=O) groups is 1. The van der Waals surface area contributed by atoms with Crippen LogP contribution in [0.25, 0.3) is 0 Å². The highest BCUT2D eigenvalue weighted by Gasteiger charge is 2.57. The van der Waals surface area contributed by atoms with E-state index in [-0.39, 0.29) is 17.7 Å². The van der Waals surface area contributed by atoms with Gasteiger partial charge in [0.25, 0.3) is 0 Å². The summed E-state index contributed by atoms with van der Waals surface area (Å²) >= 11 is 0. The molecule has 0 aliphatic carbocycles. The molecule has 29 heavy (non-hydrogen) atoms. The molecule has 1 spiro atoms. The lowest BCUT2D eigenvalue weighted by molar-refractivity contribution is -0.140. The molecule has 4 rings (SSSR count). The number of nitrogens with zero attached hydrogens (tertiary/aromatic N) is 3. The molecule has 2 aromatic rings. The van der Waals surface area contributed by atoms with Gasteiger partial charge < -0.3 is 10.1 Å². The van der Waals surface area contributed by atoms with Gasteiger partial charge in [0.05, 0.1) is 23.9 Å². The van der Waals surface area contributed by atoms with E-state index in [4.69, 9.17) is 4.74 Å². The van der Waals surface area contributed by atoms with Gasteiger partial charge >= 0.3 is 0 Å². The van der Waals surface area contributed by atoms with Gasteiger partial charge in [0, 0.05) is 23.5 Å². The first-order chi connectivity index (χ1) is 13.7. The van der Waals surface area contributed by atoms with E-state index in [2.05, 4.69) is 15.3 Å². The summed E-state index contributed by atoms with van der Waals surface area (Å²) in [7, 11) is -3.27. The van der Waals surface area contributed by atoms with Gasteiger partial charge in [-0.05, 0) is 44.5 Å². The Morgan fingerprint density at radius 3 is 2.59 bits per heavy atom. The summed E-state index contributed by atoms with van der Waals surface area (Å²) < 4.78 is 29.5. The second-order valence-corrected chi connectivity index (χ2v) is 10.1. The standard InChI is InChI=1S/C20H24N4O4S/c1-5-29(26,27)14-6-7-16(13(4)8-14)22-19-21-9-15-17(23-19)24(12(2)3)18(25)20(15)10-28-11-20/h6-9,12H,5,10-11H2,1-4H3,(H,21,22,23). The van der Waals surface area contributed by atoms with E-state index in [1.807, 2.05) is 20.8 Å². The molecule has 154 valence electrons. The van der Waals surface area contributed by atoms with Crippen molar-refractivity contribution in [2.24, 2.45) is 0 Å². The molecule has 0 saturated carbocycles. The van der Waals surface area contributed by atoms with Crippen LogP contribution in [0.5, 0.6) is 0 Å². The second-order valence-electron chi connectivity index (χ2n) is 7.78. The number of aromatic nitrogens is 2. The van der Waals surface area contributed by atoms with Gasteiger partial charge in [-0.15, -0.1) is 0 Å². The van der Waals surface area contributed by atoms with E-state index in [1.54, 1.807) is 36.2 Å². The van der Waals surface area contributed by atoms with Crippen LogP contribution in [0.3, 0.4) is 0 Å². The van der Waals surface area contributed by atoms with Gasteiger partial charge in [0.1, 0.15) is 11.2 Å². The SMILES string of the molecule is CCS(=O)(=O)c1ccc(Nc2ncc3c(n2)N(C(C)C)C(=O)C32COC2)c(C)c1. The van der Waals surface area contributed by atoms with Crippen LogP contribution in [0.4, 0.5) is 17.5 Å². The topological polar surface area (TPSA) is 101 Å². The van der Waals surface area contributed by atoms with Crippen LogP contribution in [-0.4, -0.2) is 49.3 Å². The smallest absolute Gasteiger partial charge is 0.243 e. The highest BCUT2D eigenvalue weighted by molar-refractivity contribution is 7.91. The predicted molar refractivity (Wildman–Crippen MR) is 109 cm³/mol. The number of fused-ring (bicyclic) bond motifs is 2. The van der Waals surface area contributed by atoms with Crippen LogP contribution >= 0.6 is 0 Å². The summed E-state index contributed by atoms with van der Waals surface area (Å²) in [6.45, 7) is 8.06. The third-order valence-electron chi connectivity index (χ3n) is 5.54. The van der Waals surface area contributed by atoms with Crippen LogP contribution in [0.2, 0.25) is 0 Å². The zero-order chi connectivity index (χ0) is 21.0. The number of aryl methyl sites for hydroxylation is 1. The fourth-order valence-electron chi connectivity index (χ4n) is 3.72. The summed E-state index contributed by atoms with van der Waals surface area (Å²) in [5.74, 6) is 1.02. The fraction of sp³-hybridized carbons (Fsp3) is 0.450. The molecule has 0 radical (unpaired) electrons. The van der Waals surface area contributed by atoms with Crippen LogP contribution in [-0.2, 0) is 24.8 Å². The summed E-state index contributed by atoms with van der Waals surface area (Å²) in [5, 5.41) is 3.15. The van der Waals surface area contributed by atoms with Crippen LogP contribution in [0, 0.1) is 6.92 Å². The fourth-order valence-corrected chi connectivity index (χ4v) is 4.68. The maximum atomic E-state index is 13.0. The Labute approximate surface area is 170 Å². The summed E-state index contributed by atoms with van der Waals surface area (Å²) in [5.41, 5.74) is 1.62. The normalized spacial score (nSPS) is 17.6. The number of benzene rings is 1. The molecule has 1 N–H and O–H groups in total. The number of sulfone groups is 1. The first-order valence-corrected chi connectivity index (χ1v) is 11.2. The predicted octanol–water partition coefficient (Wildman–Crippen LogP) is 2.35. The Balaban J connectivity index is 1.68. The molecule has 8 nitrogen and oxygen atoms in total. The monoisotopic (exact) mass is 416 g/mol. The van der Waals surface area contributed by atoms with Crippen molar-refractivity contribution in [2.75, 3.05) is 29.2 Å². The van der Waals surface area contributed by atoms with E-state index < -0.39 is 15.3 Å². The third kappa shape index (κ3) is 3.00. The van der Waals surface area contributed by atoms with Crippen molar-refractivity contribution in [3.05, 3.63) is 35.5 Å². The minimum atomic E-state index is -3.27. The number of carbonyl (C=O) groups excluding carboxylic acids is 1. The molecule has 1 amide bonds. The Morgan fingerprint density at radius 2 is 2.03 bits per heavy atom. The molecule has 0 bridgehead atoms. The maximum absolute atomic E-state index is 13.0. The summed E-state index contributed by atoms with van der Waals surface area (Å²) in [6, 6.07) is 4.89. The van der Waals surface area contributed by atoms with Gasteiger partial charge in [0.15, 0.2) is 9.84 Å². The van der Waals surface area contributed by atoms with Crippen molar-refractivity contribution >= 4 is 33.2 Å². The second kappa shape index (κ2) is 6.77. The van der Waals surface area contributed by atoms with Gasteiger partial charge in [-0.3, -0.25) is 9.69 Å². The lowest BCUT2D eigenvalue weighted by atomic mass is 9.81. The largest absolute Gasteiger partial charge is 0.378 e. The van der Waals surface area contributed by atoms with Crippen LogP contribution in [0.15, 0.2) is 29.3 Å². The minimum absolute atomic E-state index is 0.00510. The lowest BCUT2D eigenvalue weighted by Crippen LogP contribution is -2.55. The molecule has 9 heteroatoms. The van der Waals surface area contributed by atoms with E-state index in [1.165, 1.54) is 0 Å². The number of hydrogen-bond donors (Lipinski definition) is 1. The number of anilines is 3. The maximum Gasteiger partial charge on any atom is 0.243 e. The van der Waals surface area contributed by atoms with Crippen molar-refractivity contribution in [1.29, 1.82) is 0 Å². The highest BCUT2D eigenvalue weighted by atomic mass is 32.2. The molecule has 2 aliphatic rings. The number of ether oxygens (including phenoxy) is 1. The zero-order valence-corrected chi connectivity index (χ0v) is 17.7. The van der Waals surface area contributed by atoms with E-state index in [0.29, 0.717) is 35.6 Å². The Morgan fingerprint density at radius 1 is 1.31 bits per heavy atom. The Kier molecular flexibility index (Phi) is 4.62. The van der Waals surface area contributed by atoms with Crippen molar-refractivity contribution < 1.29 is 17.9 Å². The zero-order valence-electron chi connectivity index (χ0n) is 16.9. The molecule has 0 atom stereocenters. The molecule has 1 fully saturated rings. The molecule has 2 aliphatic heterocycles. The molecule has 3 heterocycles. The average molecular weight is 417 g/mol. The van der Waals surface area contributed by atoms with E-state index in [9.17, 15) is 13.2 Å². The van der Waals surface area contributed by atoms with Crippen LogP contribution in [0.1, 0.15) is 31.9 Å². The van der Waals surface area contributed by atoms with Gasteiger partial charge in [-0.2, -0.15) is 4.98 Å². The Hall–Kier alpha value is -2.52. The number of rotatable bonds is 5. The minimum Gasteiger partial charge on any atom is -0.378 e. The quantitative estimate of drug-likeness (QED) is 0.798. The average Bonchev–Trinajstić information content (AvgIpc) is 2.91. The van der Waals surface area contributed by atoms with Crippen LogP contribution < -0.4 is 10.2 Å². The lowest BCUT2D eigenvalue weighted by Gasteiger charge is -2.36. The van der Waals surface area contributed by atoms with Gasteiger partial charge in [0.2, 0.25) is 11.9 Å². The molecular weight excluding hydrogens is 392 g/mol. The molecular formula is C20H24N4O4S. The van der Waals surface area contributed by atoms with E-state index >= 15 is 0 Å².